The Kier molecular flexibility index (Phi) is 5.86. The molecule has 1 aromatic carbocycles. The SMILES string of the molecule is CCC(CC)(CBr)NC(=O)c1cc(Br)ccc1C. The molecule has 4 heteroatoms. The van der Waals surface area contributed by atoms with Crippen LogP contribution in [-0.4, -0.2) is 16.8 Å². The van der Waals surface area contributed by atoms with Crippen molar-refractivity contribution in [2.24, 2.45) is 0 Å². The number of rotatable bonds is 5. The fourth-order valence-corrected chi connectivity index (χ4v) is 3.09. The van der Waals surface area contributed by atoms with Crippen LogP contribution in [0.2, 0.25) is 0 Å². The van der Waals surface area contributed by atoms with E-state index in [0.717, 1.165) is 33.8 Å². The van der Waals surface area contributed by atoms with E-state index >= 15 is 0 Å². The Morgan fingerprint density at radius 2 is 1.94 bits per heavy atom. The van der Waals surface area contributed by atoms with Crippen molar-refractivity contribution in [2.75, 3.05) is 5.33 Å². The smallest absolute Gasteiger partial charge is 0.252 e. The van der Waals surface area contributed by atoms with Crippen LogP contribution in [0.4, 0.5) is 0 Å². The van der Waals surface area contributed by atoms with Gasteiger partial charge in [-0.3, -0.25) is 4.79 Å². The third kappa shape index (κ3) is 3.58. The van der Waals surface area contributed by atoms with E-state index < -0.39 is 0 Å². The van der Waals surface area contributed by atoms with E-state index in [1.54, 1.807) is 0 Å². The first-order valence-corrected chi connectivity index (χ1v) is 8.04. The van der Waals surface area contributed by atoms with E-state index in [-0.39, 0.29) is 11.4 Å². The van der Waals surface area contributed by atoms with Crippen molar-refractivity contribution >= 4 is 37.8 Å². The minimum Gasteiger partial charge on any atom is -0.346 e. The number of amides is 1. The standard InChI is InChI=1S/C14H19Br2NO/c1-4-14(5-2,9-15)17-13(18)12-8-11(16)7-6-10(12)3/h6-8H,4-5,9H2,1-3H3,(H,17,18). The molecule has 1 amide bonds. The van der Waals surface area contributed by atoms with Crippen LogP contribution in [0.3, 0.4) is 0 Å². The summed E-state index contributed by atoms with van der Waals surface area (Å²) in [5.41, 5.74) is 1.56. The van der Waals surface area contributed by atoms with Crippen LogP contribution in [0.25, 0.3) is 0 Å². The molecule has 0 fully saturated rings. The molecule has 0 aliphatic rings. The minimum absolute atomic E-state index is 0.00282. The van der Waals surface area contributed by atoms with Crippen LogP contribution in [0.15, 0.2) is 22.7 Å². The maximum atomic E-state index is 12.4. The van der Waals surface area contributed by atoms with Crippen molar-refractivity contribution in [3.8, 4) is 0 Å². The highest BCUT2D eigenvalue weighted by Crippen LogP contribution is 2.21. The van der Waals surface area contributed by atoms with Gasteiger partial charge in [0.05, 0.1) is 0 Å². The summed E-state index contributed by atoms with van der Waals surface area (Å²) in [4.78, 5) is 12.4. The predicted molar refractivity (Wildman–Crippen MR) is 83.5 cm³/mol. The van der Waals surface area contributed by atoms with Gasteiger partial charge in [0, 0.05) is 20.9 Å². The number of aryl methyl sites for hydroxylation is 1. The van der Waals surface area contributed by atoms with Gasteiger partial charge in [-0.2, -0.15) is 0 Å². The van der Waals surface area contributed by atoms with Crippen molar-refractivity contribution in [2.45, 2.75) is 39.2 Å². The highest BCUT2D eigenvalue weighted by Gasteiger charge is 2.27. The van der Waals surface area contributed by atoms with Gasteiger partial charge < -0.3 is 5.32 Å². The maximum absolute atomic E-state index is 12.4. The average Bonchev–Trinajstić information content (AvgIpc) is 2.38. The summed E-state index contributed by atoms with van der Waals surface area (Å²) in [6.07, 6.45) is 1.82. The zero-order valence-electron chi connectivity index (χ0n) is 11.0. The number of nitrogens with one attached hydrogen (secondary N) is 1. The fourth-order valence-electron chi connectivity index (χ4n) is 1.80. The largest absolute Gasteiger partial charge is 0.346 e. The van der Waals surface area contributed by atoms with Gasteiger partial charge in [0.2, 0.25) is 0 Å². The summed E-state index contributed by atoms with van der Waals surface area (Å²) in [5.74, 6) is -0.00282. The molecule has 0 saturated carbocycles. The lowest BCUT2D eigenvalue weighted by atomic mass is 9.94. The third-order valence-corrected chi connectivity index (χ3v) is 5.00. The van der Waals surface area contributed by atoms with E-state index in [9.17, 15) is 4.79 Å². The second kappa shape index (κ2) is 6.71. The molecule has 0 aliphatic carbocycles. The van der Waals surface area contributed by atoms with Gasteiger partial charge in [-0.25, -0.2) is 0 Å². The molecule has 18 heavy (non-hydrogen) atoms. The lowest BCUT2D eigenvalue weighted by Gasteiger charge is -2.31. The van der Waals surface area contributed by atoms with E-state index in [2.05, 4.69) is 51.0 Å². The molecule has 2 nitrogen and oxygen atoms in total. The molecule has 100 valence electrons. The van der Waals surface area contributed by atoms with Crippen molar-refractivity contribution < 1.29 is 4.79 Å². The summed E-state index contributed by atoms with van der Waals surface area (Å²) in [7, 11) is 0. The van der Waals surface area contributed by atoms with E-state index in [4.69, 9.17) is 0 Å². The number of benzene rings is 1. The molecule has 0 unspecified atom stereocenters. The Bertz CT molecular complexity index is 420. The average molecular weight is 377 g/mol. The first-order valence-electron chi connectivity index (χ1n) is 6.12. The fraction of sp³-hybridized carbons (Fsp3) is 0.500. The number of carbonyl (C=O) groups excluding carboxylic acids is 1. The van der Waals surface area contributed by atoms with Crippen LogP contribution in [0, 0.1) is 6.92 Å². The van der Waals surface area contributed by atoms with Crippen molar-refractivity contribution in [1.29, 1.82) is 0 Å². The predicted octanol–water partition coefficient (Wildman–Crippen LogP) is 4.44. The minimum atomic E-state index is -0.161. The monoisotopic (exact) mass is 375 g/mol. The molecule has 0 radical (unpaired) electrons. The van der Waals surface area contributed by atoms with Crippen LogP contribution < -0.4 is 5.32 Å². The lowest BCUT2D eigenvalue weighted by Crippen LogP contribution is -2.49. The van der Waals surface area contributed by atoms with Gasteiger partial charge in [0.1, 0.15) is 0 Å². The Hall–Kier alpha value is -0.350. The summed E-state index contributed by atoms with van der Waals surface area (Å²) in [6.45, 7) is 6.15. The van der Waals surface area contributed by atoms with Crippen LogP contribution in [-0.2, 0) is 0 Å². The van der Waals surface area contributed by atoms with E-state index in [0.29, 0.717) is 0 Å². The molecule has 0 spiro atoms. The number of carbonyl (C=O) groups is 1. The topological polar surface area (TPSA) is 29.1 Å². The van der Waals surface area contributed by atoms with Gasteiger partial charge in [0.25, 0.3) is 5.91 Å². The molecule has 0 bridgehead atoms. The summed E-state index contributed by atoms with van der Waals surface area (Å²) >= 11 is 6.91. The number of hydrogen-bond acceptors (Lipinski definition) is 1. The van der Waals surface area contributed by atoms with E-state index in [1.807, 2.05) is 25.1 Å². The molecule has 1 rings (SSSR count). The lowest BCUT2D eigenvalue weighted by molar-refractivity contribution is 0.0903. The Morgan fingerprint density at radius 1 is 1.33 bits per heavy atom. The van der Waals surface area contributed by atoms with Crippen LogP contribution >= 0.6 is 31.9 Å². The number of hydrogen-bond donors (Lipinski definition) is 1. The molecule has 0 aromatic heterocycles. The van der Waals surface area contributed by atoms with Crippen molar-refractivity contribution in [3.05, 3.63) is 33.8 Å². The molecule has 1 N–H and O–H groups in total. The maximum Gasteiger partial charge on any atom is 0.252 e. The third-order valence-electron chi connectivity index (χ3n) is 3.43. The first kappa shape index (κ1) is 15.7. The van der Waals surface area contributed by atoms with Crippen LogP contribution in [0.1, 0.15) is 42.6 Å². The van der Waals surface area contributed by atoms with Crippen molar-refractivity contribution in [1.82, 2.24) is 5.32 Å². The molecule has 0 aliphatic heterocycles. The highest BCUT2D eigenvalue weighted by atomic mass is 79.9. The summed E-state index contributed by atoms with van der Waals surface area (Å²) in [5, 5.41) is 3.93. The zero-order valence-corrected chi connectivity index (χ0v) is 14.2. The van der Waals surface area contributed by atoms with Gasteiger partial charge >= 0.3 is 0 Å². The normalized spacial score (nSPS) is 11.4. The van der Waals surface area contributed by atoms with Gasteiger partial charge in [0.15, 0.2) is 0 Å². The molecule has 0 saturated heterocycles. The van der Waals surface area contributed by atoms with Gasteiger partial charge in [-0.1, -0.05) is 51.8 Å². The molecule has 1 aromatic rings. The molecular weight excluding hydrogens is 358 g/mol. The summed E-state index contributed by atoms with van der Waals surface area (Å²) in [6, 6.07) is 5.77. The first-order chi connectivity index (χ1) is 8.48. The number of alkyl halides is 1. The second-order valence-electron chi connectivity index (χ2n) is 4.53. The second-order valence-corrected chi connectivity index (χ2v) is 6.01. The molecule has 0 heterocycles. The quantitative estimate of drug-likeness (QED) is 0.756. The zero-order chi connectivity index (χ0) is 13.8. The highest BCUT2D eigenvalue weighted by molar-refractivity contribution is 9.10. The Labute approximate surface area is 126 Å². The van der Waals surface area contributed by atoms with Gasteiger partial charge in [-0.15, -0.1) is 0 Å². The molecular formula is C14H19Br2NO. The van der Waals surface area contributed by atoms with Crippen LogP contribution in [0.5, 0.6) is 0 Å². The summed E-state index contributed by atoms with van der Waals surface area (Å²) < 4.78 is 0.927. The molecule has 0 atom stereocenters. The van der Waals surface area contributed by atoms with Gasteiger partial charge in [-0.05, 0) is 37.5 Å². The van der Waals surface area contributed by atoms with Crippen molar-refractivity contribution in [3.63, 3.8) is 0 Å². The number of halogens is 2. The Balaban J connectivity index is 2.97. The Morgan fingerprint density at radius 3 is 2.44 bits per heavy atom. The van der Waals surface area contributed by atoms with E-state index in [1.165, 1.54) is 0 Å².